The van der Waals surface area contributed by atoms with Crippen LogP contribution in [0.15, 0.2) is 65.1 Å². The zero-order valence-electron chi connectivity index (χ0n) is 10.5. The van der Waals surface area contributed by atoms with Crippen LogP contribution in [-0.4, -0.2) is 12.9 Å². The number of carbonyl (C=O) groups excluding carboxylic acids is 1. The molecule has 0 fully saturated rings. The van der Waals surface area contributed by atoms with Crippen LogP contribution in [0.5, 0.6) is 0 Å². The molecule has 2 rings (SSSR count). The Bertz CT molecular complexity index is 603. The van der Waals surface area contributed by atoms with E-state index >= 15 is 0 Å². The quantitative estimate of drug-likeness (QED) is 0.477. The molecule has 2 aromatic rings. The highest BCUT2D eigenvalue weighted by Gasteiger charge is 2.09. The largest absolute Gasteiger partial charge is 0.496 e. The van der Waals surface area contributed by atoms with Crippen molar-refractivity contribution in [1.29, 1.82) is 0 Å². The van der Waals surface area contributed by atoms with Crippen LogP contribution in [0.3, 0.4) is 0 Å². The molecule has 0 N–H and O–H groups in total. The number of allylic oxidation sites excluding steroid dienone is 1. The molecule has 0 spiro atoms. The highest BCUT2D eigenvalue weighted by atomic mass is 79.9. The molecule has 0 aliphatic rings. The summed E-state index contributed by atoms with van der Waals surface area (Å²) in [5.74, 6) is 0.467. The first-order valence-electron chi connectivity index (χ1n) is 5.82. The number of ketones is 1. The van der Waals surface area contributed by atoms with Crippen molar-refractivity contribution in [2.24, 2.45) is 0 Å². The Balaban J connectivity index is 2.35. The van der Waals surface area contributed by atoms with Crippen molar-refractivity contribution in [2.45, 2.75) is 0 Å². The Labute approximate surface area is 120 Å². The Morgan fingerprint density at radius 1 is 1.05 bits per heavy atom. The minimum absolute atomic E-state index is 0.0757. The van der Waals surface area contributed by atoms with E-state index in [1.165, 1.54) is 6.08 Å². The van der Waals surface area contributed by atoms with Crippen molar-refractivity contribution in [3.63, 3.8) is 0 Å². The number of benzene rings is 2. The van der Waals surface area contributed by atoms with Gasteiger partial charge in [0.25, 0.3) is 0 Å². The molecule has 0 radical (unpaired) electrons. The number of hydrogen-bond donors (Lipinski definition) is 0. The summed E-state index contributed by atoms with van der Waals surface area (Å²) in [5, 5.41) is 0. The average Bonchev–Trinajstić information content (AvgIpc) is 2.46. The van der Waals surface area contributed by atoms with Gasteiger partial charge in [0, 0.05) is 21.7 Å². The second-order valence-electron chi connectivity index (χ2n) is 3.92. The summed E-state index contributed by atoms with van der Waals surface area (Å²) in [5.41, 5.74) is 1.50. The van der Waals surface area contributed by atoms with E-state index in [-0.39, 0.29) is 5.78 Å². The molecule has 0 amide bonds. The van der Waals surface area contributed by atoms with Gasteiger partial charge in [-0.2, -0.15) is 0 Å². The lowest BCUT2D eigenvalue weighted by atomic mass is 10.1. The standard InChI is InChI=1S/C16H13BrO2/c1-19-16(13-9-5-6-10-14(13)17)11-15(18)12-7-3-2-4-8-12/h2-11H,1H3. The normalized spacial score (nSPS) is 11.2. The van der Waals surface area contributed by atoms with E-state index in [4.69, 9.17) is 4.74 Å². The molecule has 0 saturated heterocycles. The topological polar surface area (TPSA) is 26.3 Å². The van der Waals surface area contributed by atoms with Gasteiger partial charge in [-0.3, -0.25) is 4.79 Å². The Hall–Kier alpha value is -1.87. The monoisotopic (exact) mass is 316 g/mol. The summed E-state index contributed by atoms with van der Waals surface area (Å²) in [7, 11) is 1.56. The molecule has 0 saturated carbocycles. The lowest BCUT2D eigenvalue weighted by Crippen LogP contribution is -1.98. The van der Waals surface area contributed by atoms with E-state index in [1.54, 1.807) is 19.2 Å². The predicted molar refractivity (Wildman–Crippen MR) is 79.9 cm³/mol. The molecular weight excluding hydrogens is 304 g/mol. The van der Waals surface area contributed by atoms with Crippen molar-refractivity contribution in [2.75, 3.05) is 7.11 Å². The lowest BCUT2D eigenvalue weighted by Gasteiger charge is -2.08. The van der Waals surface area contributed by atoms with E-state index in [1.807, 2.05) is 42.5 Å². The predicted octanol–water partition coefficient (Wildman–Crippen LogP) is 4.32. The smallest absolute Gasteiger partial charge is 0.189 e. The van der Waals surface area contributed by atoms with E-state index in [0.29, 0.717) is 11.3 Å². The fourth-order valence-electron chi connectivity index (χ4n) is 1.71. The fourth-order valence-corrected chi connectivity index (χ4v) is 2.19. The van der Waals surface area contributed by atoms with Gasteiger partial charge in [-0.25, -0.2) is 0 Å². The molecular formula is C16H13BrO2. The third kappa shape index (κ3) is 3.32. The first-order chi connectivity index (χ1) is 9.22. The first-order valence-corrected chi connectivity index (χ1v) is 6.61. The summed E-state index contributed by atoms with van der Waals surface area (Å²) < 4.78 is 6.21. The summed E-state index contributed by atoms with van der Waals surface area (Å²) in [4.78, 5) is 12.1. The van der Waals surface area contributed by atoms with E-state index in [9.17, 15) is 4.79 Å². The van der Waals surface area contributed by atoms with E-state index in [0.717, 1.165) is 10.0 Å². The summed E-state index contributed by atoms with van der Waals surface area (Å²) >= 11 is 3.45. The van der Waals surface area contributed by atoms with Crippen molar-refractivity contribution in [3.8, 4) is 0 Å². The molecule has 0 aliphatic heterocycles. The molecule has 3 heteroatoms. The van der Waals surface area contributed by atoms with E-state index < -0.39 is 0 Å². The lowest BCUT2D eigenvalue weighted by molar-refractivity contribution is 0.104. The average molecular weight is 317 g/mol. The second-order valence-corrected chi connectivity index (χ2v) is 4.78. The fraction of sp³-hybridized carbons (Fsp3) is 0.0625. The minimum Gasteiger partial charge on any atom is -0.496 e. The molecule has 0 aromatic heterocycles. The van der Waals surface area contributed by atoms with Crippen LogP contribution in [0, 0.1) is 0 Å². The minimum atomic E-state index is -0.0757. The molecule has 96 valence electrons. The zero-order valence-corrected chi connectivity index (χ0v) is 12.1. The van der Waals surface area contributed by atoms with Gasteiger partial charge >= 0.3 is 0 Å². The highest BCUT2D eigenvalue weighted by molar-refractivity contribution is 9.10. The van der Waals surface area contributed by atoms with E-state index in [2.05, 4.69) is 15.9 Å². The molecule has 0 heterocycles. The molecule has 2 nitrogen and oxygen atoms in total. The first kappa shape index (κ1) is 13.6. The maximum Gasteiger partial charge on any atom is 0.189 e. The molecule has 0 aliphatic carbocycles. The number of halogens is 1. The number of methoxy groups -OCH3 is 1. The SMILES string of the molecule is COC(=CC(=O)c1ccccc1)c1ccccc1Br. The van der Waals surface area contributed by atoms with Crippen LogP contribution < -0.4 is 0 Å². The summed E-state index contributed by atoms with van der Waals surface area (Å²) in [6, 6.07) is 16.8. The Kier molecular flexibility index (Phi) is 4.53. The van der Waals surface area contributed by atoms with Crippen molar-refractivity contribution < 1.29 is 9.53 Å². The zero-order chi connectivity index (χ0) is 13.7. The molecule has 0 bridgehead atoms. The summed E-state index contributed by atoms with van der Waals surface area (Å²) in [6.07, 6.45) is 1.51. The number of carbonyl (C=O) groups is 1. The van der Waals surface area contributed by atoms with Gasteiger partial charge in [-0.05, 0) is 6.07 Å². The van der Waals surface area contributed by atoms with Crippen molar-refractivity contribution >= 4 is 27.5 Å². The van der Waals surface area contributed by atoms with Gasteiger partial charge in [0.1, 0.15) is 5.76 Å². The number of ether oxygens (including phenoxy) is 1. The van der Waals surface area contributed by atoms with Crippen LogP contribution in [0.4, 0.5) is 0 Å². The third-order valence-electron chi connectivity index (χ3n) is 2.68. The highest BCUT2D eigenvalue weighted by Crippen LogP contribution is 2.24. The second kappa shape index (κ2) is 6.34. The van der Waals surface area contributed by atoms with Gasteiger partial charge in [0.05, 0.1) is 7.11 Å². The van der Waals surface area contributed by atoms with Gasteiger partial charge < -0.3 is 4.74 Å². The van der Waals surface area contributed by atoms with Gasteiger partial charge in [0.15, 0.2) is 5.78 Å². The van der Waals surface area contributed by atoms with Crippen LogP contribution in [0.25, 0.3) is 5.76 Å². The molecule has 19 heavy (non-hydrogen) atoms. The molecule has 2 aromatic carbocycles. The Morgan fingerprint density at radius 3 is 2.32 bits per heavy atom. The van der Waals surface area contributed by atoms with Crippen molar-refractivity contribution in [1.82, 2.24) is 0 Å². The van der Waals surface area contributed by atoms with Crippen molar-refractivity contribution in [3.05, 3.63) is 76.3 Å². The van der Waals surface area contributed by atoms with Crippen LogP contribution in [0.1, 0.15) is 15.9 Å². The Morgan fingerprint density at radius 2 is 1.68 bits per heavy atom. The number of hydrogen-bond acceptors (Lipinski definition) is 2. The van der Waals surface area contributed by atoms with Gasteiger partial charge in [-0.15, -0.1) is 0 Å². The third-order valence-corrected chi connectivity index (χ3v) is 3.37. The maximum absolute atomic E-state index is 12.1. The van der Waals surface area contributed by atoms with Gasteiger partial charge in [-0.1, -0.05) is 64.5 Å². The molecule has 0 atom stereocenters. The number of rotatable bonds is 4. The molecule has 0 unspecified atom stereocenters. The van der Waals surface area contributed by atoms with Crippen LogP contribution in [-0.2, 0) is 4.74 Å². The van der Waals surface area contributed by atoms with Gasteiger partial charge in [0.2, 0.25) is 0 Å². The summed E-state index contributed by atoms with van der Waals surface area (Å²) in [6.45, 7) is 0. The van der Waals surface area contributed by atoms with Crippen LogP contribution >= 0.6 is 15.9 Å². The van der Waals surface area contributed by atoms with Crippen LogP contribution in [0.2, 0.25) is 0 Å². The maximum atomic E-state index is 12.1.